The Hall–Kier alpha value is -1.55. The minimum Gasteiger partial charge on any atom is -0.450 e. The summed E-state index contributed by atoms with van der Waals surface area (Å²) in [4.78, 5) is 14.7. The predicted molar refractivity (Wildman–Crippen MR) is 96.9 cm³/mol. The molecule has 3 nitrogen and oxygen atoms in total. The summed E-state index contributed by atoms with van der Waals surface area (Å²) in [5.74, 6) is -0.304. The van der Waals surface area contributed by atoms with E-state index in [2.05, 4.69) is 4.90 Å². The molecular weight excluding hydrogens is 345 g/mol. The number of benzene rings is 2. The lowest BCUT2D eigenvalue weighted by Gasteiger charge is -2.39. The Bertz CT molecular complexity index is 758. The summed E-state index contributed by atoms with van der Waals surface area (Å²) in [7, 11) is 4.01. The molecule has 2 aromatic rings. The number of ether oxygens (including phenoxy) is 1. The van der Waals surface area contributed by atoms with Crippen molar-refractivity contribution in [3.63, 3.8) is 0 Å². The van der Waals surface area contributed by atoms with Gasteiger partial charge in [-0.1, -0.05) is 35.3 Å². The van der Waals surface area contributed by atoms with Crippen molar-refractivity contribution in [2.45, 2.75) is 18.4 Å². The number of hydrogen-bond acceptors (Lipinski definition) is 3. The van der Waals surface area contributed by atoms with Crippen LogP contribution in [0.15, 0.2) is 42.5 Å². The fourth-order valence-corrected chi connectivity index (χ4v) is 3.41. The first-order chi connectivity index (χ1) is 11.4. The van der Waals surface area contributed by atoms with Crippen molar-refractivity contribution in [3.05, 3.63) is 69.2 Å². The second kappa shape index (κ2) is 6.75. The maximum atomic E-state index is 12.6. The van der Waals surface area contributed by atoms with E-state index >= 15 is 0 Å². The number of carbonyl (C=O) groups is 1. The molecule has 1 atom stereocenters. The summed E-state index contributed by atoms with van der Waals surface area (Å²) in [6.07, 6.45) is 1.30. The second-order valence-electron chi connectivity index (χ2n) is 6.42. The van der Waals surface area contributed by atoms with Crippen LogP contribution in [0, 0.1) is 0 Å². The molecule has 0 saturated carbocycles. The number of halogens is 2. The maximum Gasteiger partial charge on any atom is 0.339 e. The number of rotatable bonds is 4. The molecule has 1 unspecified atom stereocenters. The van der Waals surface area contributed by atoms with Crippen LogP contribution < -0.4 is 0 Å². The molecule has 0 saturated heterocycles. The first kappa shape index (κ1) is 17.3. The Balaban J connectivity index is 2.05. The van der Waals surface area contributed by atoms with Gasteiger partial charge in [-0.25, -0.2) is 4.79 Å². The zero-order chi connectivity index (χ0) is 17.3. The standard InChI is InChI=1S/C19H19Cl2NO2/c1-22(2)10-9-19(14-3-5-15(20)6-4-14)12-13-11-16(21)7-8-17(13)18(23)24-19/h3-8,11H,9-10,12H2,1-2H3. The molecule has 5 heteroatoms. The molecule has 0 spiro atoms. The normalized spacial score (nSPS) is 20.0. The summed E-state index contributed by atoms with van der Waals surface area (Å²) in [6, 6.07) is 12.8. The van der Waals surface area contributed by atoms with Gasteiger partial charge < -0.3 is 9.64 Å². The highest BCUT2D eigenvalue weighted by molar-refractivity contribution is 6.31. The largest absolute Gasteiger partial charge is 0.450 e. The Morgan fingerprint density at radius 1 is 1.08 bits per heavy atom. The van der Waals surface area contributed by atoms with Gasteiger partial charge in [-0.15, -0.1) is 0 Å². The van der Waals surface area contributed by atoms with Crippen LogP contribution in [0.2, 0.25) is 10.0 Å². The third-order valence-corrected chi connectivity index (χ3v) is 4.87. The van der Waals surface area contributed by atoms with Crippen LogP contribution in [-0.4, -0.2) is 31.5 Å². The minimum absolute atomic E-state index is 0.304. The Kier molecular flexibility index (Phi) is 4.86. The van der Waals surface area contributed by atoms with Crippen molar-refractivity contribution >= 4 is 29.2 Å². The summed E-state index contributed by atoms with van der Waals surface area (Å²) in [5, 5.41) is 1.29. The molecule has 1 aliphatic heterocycles. The van der Waals surface area contributed by atoms with Gasteiger partial charge in [0.15, 0.2) is 0 Å². The molecule has 3 rings (SSSR count). The summed E-state index contributed by atoms with van der Waals surface area (Å²) in [6.45, 7) is 0.797. The fraction of sp³-hybridized carbons (Fsp3) is 0.316. The maximum absolute atomic E-state index is 12.6. The number of cyclic esters (lactones) is 1. The summed E-state index contributed by atoms with van der Waals surface area (Å²) >= 11 is 12.2. The van der Waals surface area contributed by atoms with Crippen LogP contribution in [-0.2, 0) is 16.8 Å². The molecule has 0 bridgehead atoms. The van der Waals surface area contributed by atoms with Gasteiger partial charge in [-0.05, 0) is 55.6 Å². The van der Waals surface area contributed by atoms with E-state index in [1.165, 1.54) is 0 Å². The van der Waals surface area contributed by atoms with E-state index in [0.717, 1.165) is 17.7 Å². The minimum atomic E-state index is -0.705. The van der Waals surface area contributed by atoms with E-state index in [4.69, 9.17) is 27.9 Å². The van der Waals surface area contributed by atoms with E-state index in [1.54, 1.807) is 12.1 Å². The number of hydrogen-bond donors (Lipinski definition) is 0. The Labute approximate surface area is 152 Å². The zero-order valence-electron chi connectivity index (χ0n) is 13.7. The van der Waals surface area contributed by atoms with Gasteiger partial charge in [0.25, 0.3) is 0 Å². The highest BCUT2D eigenvalue weighted by atomic mass is 35.5. The molecule has 0 aliphatic carbocycles. The third kappa shape index (κ3) is 3.44. The van der Waals surface area contributed by atoms with Gasteiger partial charge in [0.1, 0.15) is 5.60 Å². The van der Waals surface area contributed by atoms with Gasteiger partial charge in [0, 0.05) is 29.4 Å². The topological polar surface area (TPSA) is 29.5 Å². The Morgan fingerprint density at radius 2 is 1.75 bits per heavy atom. The number of fused-ring (bicyclic) bond motifs is 1. The van der Waals surface area contributed by atoms with Crippen LogP contribution in [0.25, 0.3) is 0 Å². The highest BCUT2D eigenvalue weighted by Gasteiger charge is 2.41. The number of esters is 1. The second-order valence-corrected chi connectivity index (χ2v) is 7.30. The molecular formula is C19H19Cl2NO2. The number of nitrogens with zero attached hydrogens (tertiary/aromatic N) is 1. The quantitative estimate of drug-likeness (QED) is 0.746. The van der Waals surface area contributed by atoms with Crippen LogP contribution in [0.3, 0.4) is 0 Å². The predicted octanol–water partition coefficient (Wildman–Crippen LogP) is 4.55. The molecule has 2 aromatic carbocycles. The van der Waals surface area contributed by atoms with Crippen LogP contribution in [0.1, 0.15) is 27.9 Å². The first-order valence-corrected chi connectivity index (χ1v) is 8.58. The summed E-state index contributed by atoms with van der Waals surface area (Å²) in [5.41, 5.74) is 1.76. The van der Waals surface area contributed by atoms with Gasteiger partial charge in [0.05, 0.1) is 5.56 Å². The van der Waals surface area contributed by atoms with Crippen LogP contribution in [0.5, 0.6) is 0 Å². The molecule has 1 heterocycles. The molecule has 1 aliphatic rings. The Morgan fingerprint density at radius 3 is 2.42 bits per heavy atom. The van der Waals surface area contributed by atoms with Crippen molar-refractivity contribution in [2.75, 3.05) is 20.6 Å². The van der Waals surface area contributed by atoms with Crippen LogP contribution in [0.4, 0.5) is 0 Å². The van der Waals surface area contributed by atoms with E-state index in [9.17, 15) is 4.79 Å². The van der Waals surface area contributed by atoms with Crippen molar-refractivity contribution < 1.29 is 9.53 Å². The van der Waals surface area contributed by atoms with Gasteiger partial charge in [0.2, 0.25) is 0 Å². The van der Waals surface area contributed by atoms with Crippen molar-refractivity contribution in [3.8, 4) is 0 Å². The zero-order valence-corrected chi connectivity index (χ0v) is 15.2. The smallest absolute Gasteiger partial charge is 0.339 e. The third-order valence-electron chi connectivity index (χ3n) is 4.38. The van der Waals surface area contributed by atoms with Gasteiger partial charge in [-0.3, -0.25) is 0 Å². The van der Waals surface area contributed by atoms with Crippen molar-refractivity contribution in [1.29, 1.82) is 0 Å². The SMILES string of the molecule is CN(C)CCC1(c2ccc(Cl)cc2)Cc2cc(Cl)ccc2C(=O)O1. The molecule has 0 aromatic heterocycles. The molecule has 0 N–H and O–H groups in total. The lowest BCUT2D eigenvalue weighted by Crippen LogP contribution is -2.41. The van der Waals surface area contributed by atoms with E-state index < -0.39 is 5.60 Å². The lowest BCUT2D eigenvalue weighted by molar-refractivity contribution is -0.0355. The first-order valence-electron chi connectivity index (χ1n) is 7.82. The van der Waals surface area contributed by atoms with Crippen molar-refractivity contribution in [2.24, 2.45) is 0 Å². The molecule has 126 valence electrons. The number of carbonyl (C=O) groups excluding carboxylic acids is 1. The fourth-order valence-electron chi connectivity index (χ4n) is 3.09. The van der Waals surface area contributed by atoms with Crippen LogP contribution >= 0.6 is 23.2 Å². The van der Waals surface area contributed by atoms with E-state index in [-0.39, 0.29) is 5.97 Å². The average molecular weight is 364 g/mol. The van der Waals surface area contributed by atoms with E-state index in [1.807, 2.05) is 44.4 Å². The van der Waals surface area contributed by atoms with Crippen molar-refractivity contribution in [1.82, 2.24) is 4.90 Å². The monoisotopic (exact) mass is 363 g/mol. The van der Waals surface area contributed by atoms with E-state index in [0.29, 0.717) is 28.5 Å². The summed E-state index contributed by atoms with van der Waals surface area (Å²) < 4.78 is 5.96. The molecule has 24 heavy (non-hydrogen) atoms. The van der Waals surface area contributed by atoms with Gasteiger partial charge in [-0.2, -0.15) is 0 Å². The highest BCUT2D eigenvalue weighted by Crippen LogP contribution is 2.40. The molecule has 0 amide bonds. The lowest BCUT2D eigenvalue weighted by atomic mass is 9.81. The van der Waals surface area contributed by atoms with Gasteiger partial charge >= 0.3 is 5.97 Å². The molecule has 0 fully saturated rings. The average Bonchev–Trinajstić information content (AvgIpc) is 2.53. The molecule has 0 radical (unpaired) electrons.